The average Bonchev–Trinajstić information content (AvgIpc) is 3.04. The van der Waals surface area contributed by atoms with E-state index in [2.05, 4.69) is 23.5 Å². The molecule has 3 nitrogen and oxygen atoms in total. The fourth-order valence-electron chi connectivity index (χ4n) is 4.00. The quantitative estimate of drug-likeness (QED) is 0.825. The second-order valence-corrected chi connectivity index (χ2v) is 5.73. The first-order valence-corrected chi connectivity index (χ1v) is 7.02. The van der Waals surface area contributed by atoms with Gasteiger partial charge in [0.2, 0.25) is 6.79 Å². The van der Waals surface area contributed by atoms with Crippen molar-refractivity contribution in [3.05, 3.63) is 23.8 Å². The fourth-order valence-corrected chi connectivity index (χ4v) is 4.00. The highest BCUT2D eigenvalue weighted by Gasteiger charge is 2.45. The van der Waals surface area contributed by atoms with Crippen LogP contribution in [0.15, 0.2) is 18.2 Å². The zero-order valence-corrected chi connectivity index (χ0v) is 10.6. The van der Waals surface area contributed by atoms with Crippen LogP contribution >= 0.6 is 0 Å². The Hall–Kier alpha value is -1.22. The molecule has 0 spiro atoms. The van der Waals surface area contributed by atoms with Crippen LogP contribution in [0.2, 0.25) is 0 Å². The summed E-state index contributed by atoms with van der Waals surface area (Å²) in [5.41, 5.74) is 1.79. The average molecular weight is 245 g/mol. The maximum absolute atomic E-state index is 5.53. The van der Waals surface area contributed by atoms with Crippen molar-refractivity contribution in [3.8, 4) is 11.5 Å². The van der Waals surface area contributed by atoms with Crippen LogP contribution in [0, 0.1) is 0 Å². The van der Waals surface area contributed by atoms with E-state index in [1.54, 1.807) is 0 Å². The van der Waals surface area contributed by atoms with Crippen LogP contribution in [0.4, 0.5) is 0 Å². The summed E-state index contributed by atoms with van der Waals surface area (Å²) < 4.78 is 10.9. The lowest BCUT2D eigenvalue weighted by molar-refractivity contribution is 0.173. The van der Waals surface area contributed by atoms with Gasteiger partial charge in [-0.1, -0.05) is 18.9 Å². The summed E-state index contributed by atoms with van der Waals surface area (Å²) >= 11 is 0. The Morgan fingerprint density at radius 3 is 3.06 bits per heavy atom. The van der Waals surface area contributed by atoms with E-state index in [1.165, 1.54) is 37.7 Å². The molecule has 1 saturated heterocycles. The molecule has 1 aliphatic carbocycles. The molecule has 3 aliphatic rings. The van der Waals surface area contributed by atoms with E-state index < -0.39 is 0 Å². The Labute approximate surface area is 107 Å². The monoisotopic (exact) mass is 245 g/mol. The molecule has 96 valence electrons. The molecule has 1 aromatic carbocycles. The maximum atomic E-state index is 5.53. The number of nitrogens with one attached hydrogen (secondary N) is 1. The van der Waals surface area contributed by atoms with Gasteiger partial charge in [0.05, 0.1) is 0 Å². The summed E-state index contributed by atoms with van der Waals surface area (Å²) in [7, 11) is 0. The lowest BCUT2D eigenvalue weighted by atomic mass is 9.66. The molecule has 1 aromatic rings. The van der Waals surface area contributed by atoms with Crippen molar-refractivity contribution in [2.75, 3.05) is 13.3 Å². The van der Waals surface area contributed by atoms with E-state index in [0.717, 1.165) is 18.0 Å². The van der Waals surface area contributed by atoms with E-state index in [1.807, 2.05) is 0 Å². The van der Waals surface area contributed by atoms with Gasteiger partial charge in [-0.2, -0.15) is 0 Å². The molecule has 0 amide bonds. The molecule has 2 heterocycles. The van der Waals surface area contributed by atoms with Crippen molar-refractivity contribution < 1.29 is 9.47 Å². The van der Waals surface area contributed by atoms with Gasteiger partial charge < -0.3 is 14.8 Å². The van der Waals surface area contributed by atoms with Crippen molar-refractivity contribution >= 4 is 0 Å². The van der Waals surface area contributed by atoms with Gasteiger partial charge in [-0.05, 0) is 43.5 Å². The van der Waals surface area contributed by atoms with E-state index in [9.17, 15) is 0 Å². The van der Waals surface area contributed by atoms with Gasteiger partial charge in [-0.15, -0.1) is 0 Å². The van der Waals surface area contributed by atoms with Gasteiger partial charge in [0.1, 0.15) is 0 Å². The number of hydrogen-bond acceptors (Lipinski definition) is 3. The molecule has 2 atom stereocenters. The highest BCUT2D eigenvalue weighted by Crippen LogP contribution is 2.47. The first-order chi connectivity index (χ1) is 8.88. The van der Waals surface area contributed by atoms with Crippen LogP contribution in [0.3, 0.4) is 0 Å². The predicted octanol–water partition coefficient (Wildman–Crippen LogP) is 2.59. The normalized spacial score (nSPS) is 33.4. The summed E-state index contributed by atoms with van der Waals surface area (Å²) in [5.74, 6) is 1.83. The predicted molar refractivity (Wildman–Crippen MR) is 69.1 cm³/mol. The standard InChI is InChI=1S/C15H19NO2/c1-2-6-15(7-8-16-14(15)3-1)11-4-5-12-13(9-11)18-10-17-12/h4-5,9,14,16H,1-3,6-8,10H2/t14-,15-/m1/s1. The lowest BCUT2D eigenvalue weighted by Crippen LogP contribution is -2.42. The van der Waals surface area contributed by atoms with Gasteiger partial charge >= 0.3 is 0 Å². The number of fused-ring (bicyclic) bond motifs is 2. The van der Waals surface area contributed by atoms with Crippen LogP contribution in [0.25, 0.3) is 0 Å². The molecule has 0 radical (unpaired) electrons. The van der Waals surface area contributed by atoms with E-state index in [4.69, 9.17) is 9.47 Å². The highest BCUT2D eigenvalue weighted by molar-refractivity contribution is 5.47. The molecular weight excluding hydrogens is 226 g/mol. The van der Waals surface area contributed by atoms with Crippen LogP contribution in [0.1, 0.15) is 37.7 Å². The van der Waals surface area contributed by atoms with Crippen LogP contribution in [0.5, 0.6) is 11.5 Å². The summed E-state index contributed by atoms with van der Waals surface area (Å²) in [6.45, 7) is 1.52. The Morgan fingerprint density at radius 1 is 1.11 bits per heavy atom. The molecule has 0 aromatic heterocycles. The van der Waals surface area contributed by atoms with Gasteiger partial charge in [-0.3, -0.25) is 0 Å². The number of benzene rings is 1. The molecule has 0 unspecified atom stereocenters. The Morgan fingerprint density at radius 2 is 2.06 bits per heavy atom. The molecule has 18 heavy (non-hydrogen) atoms. The number of rotatable bonds is 1. The van der Waals surface area contributed by atoms with Gasteiger partial charge in [0, 0.05) is 11.5 Å². The van der Waals surface area contributed by atoms with E-state index >= 15 is 0 Å². The smallest absolute Gasteiger partial charge is 0.231 e. The molecular formula is C15H19NO2. The summed E-state index contributed by atoms with van der Waals surface area (Å²) in [6, 6.07) is 7.20. The third-order valence-corrected chi connectivity index (χ3v) is 4.94. The minimum absolute atomic E-state index is 0.346. The Kier molecular flexibility index (Phi) is 2.31. The molecule has 0 bridgehead atoms. The third kappa shape index (κ3) is 1.40. The SMILES string of the molecule is c1cc2c(cc1[C@]13CCCC[C@H]1NCC3)OCO2. The largest absolute Gasteiger partial charge is 0.454 e. The Balaban J connectivity index is 1.76. The second-order valence-electron chi connectivity index (χ2n) is 5.73. The highest BCUT2D eigenvalue weighted by atomic mass is 16.7. The fraction of sp³-hybridized carbons (Fsp3) is 0.600. The summed E-state index contributed by atoms with van der Waals surface area (Å²) in [6.07, 6.45) is 6.60. The van der Waals surface area contributed by atoms with Gasteiger partial charge in [0.25, 0.3) is 0 Å². The number of ether oxygens (including phenoxy) is 2. The Bertz CT molecular complexity index is 474. The van der Waals surface area contributed by atoms with Gasteiger partial charge in [0.15, 0.2) is 11.5 Å². The van der Waals surface area contributed by atoms with Crippen molar-refractivity contribution in [2.45, 2.75) is 43.6 Å². The minimum atomic E-state index is 0.346. The zero-order chi connectivity index (χ0) is 12.0. The summed E-state index contributed by atoms with van der Waals surface area (Å²) in [4.78, 5) is 0. The molecule has 3 heteroatoms. The van der Waals surface area contributed by atoms with Crippen molar-refractivity contribution in [2.24, 2.45) is 0 Å². The van der Waals surface area contributed by atoms with Crippen molar-refractivity contribution in [1.82, 2.24) is 5.32 Å². The minimum Gasteiger partial charge on any atom is -0.454 e. The molecule has 2 aliphatic heterocycles. The molecule has 4 rings (SSSR count). The molecule has 1 saturated carbocycles. The topological polar surface area (TPSA) is 30.5 Å². The van der Waals surface area contributed by atoms with Crippen molar-refractivity contribution in [1.29, 1.82) is 0 Å². The first kappa shape index (κ1) is 10.7. The second kappa shape index (κ2) is 3.89. The number of hydrogen-bond donors (Lipinski definition) is 1. The zero-order valence-electron chi connectivity index (χ0n) is 10.6. The van der Waals surface area contributed by atoms with Crippen LogP contribution in [-0.2, 0) is 5.41 Å². The van der Waals surface area contributed by atoms with Gasteiger partial charge in [-0.25, -0.2) is 0 Å². The maximum Gasteiger partial charge on any atom is 0.231 e. The molecule has 2 fully saturated rings. The lowest BCUT2D eigenvalue weighted by Gasteiger charge is -2.39. The van der Waals surface area contributed by atoms with E-state index in [0.29, 0.717) is 18.2 Å². The first-order valence-electron chi connectivity index (χ1n) is 7.02. The van der Waals surface area contributed by atoms with Crippen LogP contribution in [-0.4, -0.2) is 19.4 Å². The van der Waals surface area contributed by atoms with Crippen LogP contribution < -0.4 is 14.8 Å². The summed E-state index contributed by atoms with van der Waals surface area (Å²) in [5, 5.41) is 3.69. The molecule has 1 N–H and O–H groups in total. The van der Waals surface area contributed by atoms with Crippen molar-refractivity contribution in [3.63, 3.8) is 0 Å². The van der Waals surface area contributed by atoms with E-state index in [-0.39, 0.29) is 0 Å². The third-order valence-electron chi connectivity index (χ3n) is 4.94.